The maximum atomic E-state index is 8.77. The van der Waals surface area contributed by atoms with Crippen LogP contribution < -0.4 is 0 Å². The van der Waals surface area contributed by atoms with E-state index in [1.807, 2.05) is 24.0 Å². The van der Waals surface area contributed by atoms with Crippen LogP contribution in [0.1, 0.15) is 23.4 Å². The molecule has 17 heavy (non-hydrogen) atoms. The molecule has 0 spiro atoms. The van der Waals surface area contributed by atoms with Gasteiger partial charge in [0.1, 0.15) is 5.82 Å². The maximum Gasteiger partial charge on any atom is 0.112 e. The molecule has 0 bridgehead atoms. The largest absolute Gasteiger partial charge is 0.396 e. The molecular weight excluding hydrogens is 212 g/mol. The van der Waals surface area contributed by atoms with Crippen LogP contribution in [0.15, 0.2) is 36.7 Å². The van der Waals surface area contributed by atoms with Crippen molar-refractivity contribution in [1.29, 1.82) is 0 Å². The van der Waals surface area contributed by atoms with E-state index in [1.165, 1.54) is 11.1 Å². The van der Waals surface area contributed by atoms with Crippen LogP contribution >= 0.6 is 0 Å². The minimum Gasteiger partial charge on any atom is -0.396 e. The van der Waals surface area contributed by atoms with Crippen LogP contribution in [-0.4, -0.2) is 21.3 Å². The summed E-state index contributed by atoms with van der Waals surface area (Å²) >= 11 is 0. The molecule has 0 aliphatic heterocycles. The highest BCUT2D eigenvalue weighted by Crippen LogP contribution is 2.10. The van der Waals surface area contributed by atoms with Crippen molar-refractivity contribution in [2.24, 2.45) is 7.05 Å². The van der Waals surface area contributed by atoms with E-state index in [2.05, 4.69) is 29.2 Å². The molecule has 2 aromatic rings. The number of nitrogens with zero attached hydrogens (tertiary/aromatic N) is 2. The lowest BCUT2D eigenvalue weighted by Crippen LogP contribution is -1.98. The number of imidazole rings is 1. The summed E-state index contributed by atoms with van der Waals surface area (Å²) in [5.74, 6) is 1.08. The normalized spacial score (nSPS) is 10.7. The fourth-order valence-electron chi connectivity index (χ4n) is 1.86. The van der Waals surface area contributed by atoms with E-state index in [4.69, 9.17) is 5.11 Å². The first-order valence-electron chi connectivity index (χ1n) is 5.94. The quantitative estimate of drug-likeness (QED) is 0.852. The number of aliphatic hydroxyl groups excluding tert-OH is 1. The molecule has 0 saturated heterocycles. The highest BCUT2D eigenvalue weighted by Gasteiger charge is 2.01. The van der Waals surface area contributed by atoms with E-state index >= 15 is 0 Å². The number of aromatic nitrogens is 2. The van der Waals surface area contributed by atoms with Gasteiger partial charge in [0.05, 0.1) is 0 Å². The summed E-state index contributed by atoms with van der Waals surface area (Å²) in [7, 11) is 2.01. The number of hydrogen-bond acceptors (Lipinski definition) is 2. The molecule has 1 N–H and O–H groups in total. The summed E-state index contributed by atoms with van der Waals surface area (Å²) in [5.41, 5.74) is 2.55. The predicted molar refractivity (Wildman–Crippen MR) is 67.9 cm³/mol. The molecule has 3 nitrogen and oxygen atoms in total. The second-order valence-corrected chi connectivity index (χ2v) is 4.27. The number of hydrogen-bond donors (Lipinski definition) is 1. The summed E-state index contributed by atoms with van der Waals surface area (Å²) in [6.45, 7) is 0.259. The fourth-order valence-corrected chi connectivity index (χ4v) is 1.86. The minimum atomic E-state index is 0.259. The Balaban J connectivity index is 2.01. The van der Waals surface area contributed by atoms with E-state index in [9.17, 15) is 0 Å². The molecule has 0 radical (unpaired) electrons. The van der Waals surface area contributed by atoms with Gasteiger partial charge < -0.3 is 9.67 Å². The summed E-state index contributed by atoms with van der Waals surface area (Å²) in [4.78, 5) is 4.31. The second-order valence-electron chi connectivity index (χ2n) is 4.27. The number of aliphatic hydroxyl groups is 1. The van der Waals surface area contributed by atoms with Gasteiger partial charge in [0.25, 0.3) is 0 Å². The second kappa shape index (κ2) is 5.64. The Morgan fingerprint density at radius 1 is 1.18 bits per heavy atom. The van der Waals surface area contributed by atoms with Crippen LogP contribution in [-0.2, 0) is 19.9 Å². The Bertz CT molecular complexity index is 459. The molecule has 0 unspecified atom stereocenters. The van der Waals surface area contributed by atoms with E-state index in [0.717, 1.165) is 25.1 Å². The predicted octanol–water partition coefficient (Wildman–Crippen LogP) is 1.94. The minimum absolute atomic E-state index is 0.259. The van der Waals surface area contributed by atoms with Gasteiger partial charge in [-0.05, 0) is 24.0 Å². The van der Waals surface area contributed by atoms with Crippen molar-refractivity contribution in [2.75, 3.05) is 6.61 Å². The maximum absolute atomic E-state index is 8.77. The van der Waals surface area contributed by atoms with Gasteiger partial charge in [-0.3, -0.25) is 0 Å². The zero-order valence-electron chi connectivity index (χ0n) is 10.1. The lowest BCUT2D eigenvalue weighted by molar-refractivity contribution is 0.288. The SMILES string of the molecule is Cn1ccnc1Cc1ccc(CCCO)cc1. The average molecular weight is 230 g/mol. The molecule has 2 rings (SSSR count). The van der Waals surface area contributed by atoms with Crippen LogP contribution in [0.4, 0.5) is 0 Å². The van der Waals surface area contributed by atoms with E-state index in [-0.39, 0.29) is 6.61 Å². The molecular formula is C14H18N2O. The standard InChI is InChI=1S/C14H18N2O/c1-16-9-8-15-14(16)11-13-6-4-12(5-7-13)3-2-10-17/h4-9,17H,2-3,10-11H2,1H3. The third-order valence-corrected chi connectivity index (χ3v) is 2.93. The van der Waals surface area contributed by atoms with Crippen molar-refractivity contribution < 1.29 is 5.11 Å². The highest BCUT2D eigenvalue weighted by atomic mass is 16.2. The van der Waals surface area contributed by atoms with Crippen molar-refractivity contribution in [3.63, 3.8) is 0 Å². The molecule has 1 heterocycles. The summed E-state index contributed by atoms with van der Waals surface area (Å²) < 4.78 is 2.04. The molecule has 3 heteroatoms. The van der Waals surface area contributed by atoms with Gasteiger partial charge >= 0.3 is 0 Å². The lowest BCUT2D eigenvalue weighted by atomic mass is 10.1. The monoisotopic (exact) mass is 230 g/mol. The van der Waals surface area contributed by atoms with Crippen LogP contribution in [0.5, 0.6) is 0 Å². The Morgan fingerprint density at radius 2 is 1.88 bits per heavy atom. The topological polar surface area (TPSA) is 38.0 Å². The molecule has 0 aliphatic rings. The van der Waals surface area contributed by atoms with E-state index < -0.39 is 0 Å². The molecule has 0 aliphatic carbocycles. The molecule has 0 fully saturated rings. The Labute approximate surface area is 102 Å². The average Bonchev–Trinajstić information content (AvgIpc) is 2.74. The van der Waals surface area contributed by atoms with Gasteiger partial charge in [0.15, 0.2) is 0 Å². The highest BCUT2D eigenvalue weighted by molar-refractivity contribution is 5.25. The Kier molecular flexibility index (Phi) is 3.94. The summed E-state index contributed by atoms with van der Waals surface area (Å²) in [6.07, 6.45) is 6.43. The zero-order valence-corrected chi connectivity index (χ0v) is 10.1. The van der Waals surface area contributed by atoms with E-state index in [1.54, 1.807) is 0 Å². The van der Waals surface area contributed by atoms with Crippen molar-refractivity contribution in [3.05, 3.63) is 53.6 Å². The summed E-state index contributed by atoms with van der Waals surface area (Å²) in [5, 5.41) is 8.77. The number of benzene rings is 1. The molecule has 1 aromatic heterocycles. The first-order valence-corrected chi connectivity index (χ1v) is 5.94. The van der Waals surface area contributed by atoms with Crippen LogP contribution in [0.2, 0.25) is 0 Å². The first-order chi connectivity index (χ1) is 8.29. The Morgan fingerprint density at radius 3 is 2.47 bits per heavy atom. The molecule has 0 atom stereocenters. The zero-order chi connectivity index (χ0) is 12.1. The van der Waals surface area contributed by atoms with Crippen LogP contribution in [0.3, 0.4) is 0 Å². The van der Waals surface area contributed by atoms with Gasteiger partial charge in [-0.1, -0.05) is 24.3 Å². The van der Waals surface area contributed by atoms with Gasteiger partial charge in [-0.2, -0.15) is 0 Å². The van der Waals surface area contributed by atoms with Crippen LogP contribution in [0.25, 0.3) is 0 Å². The molecule has 0 saturated carbocycles. The van der Waals surface area contributed by atoms with Gasteiger partial charge in [0, 0.05) is 32.5 Å². The van der Waals surface area contributed by atoms with Gasteiger partial charge in [-0.15, -0.1) is 0 Å². The first kappa shape index (κ1) is 11.9. The van der Waals surface area contributed by atoms with Crippen LogP contribution in [0, 0.1) is 0 Å². The summed E-state index contributed by atoms with van der Waals surface area (Å²) in [6, 6.07) is 8.55. The molecule has 0 amide bonds. The van der Waals surface area contributed by atoms with Crippen molar-refractivity contribution >= 4 is 0 Å². The number of rotatable bonds is 5. The van der Waals surface area contributed by atoms with E-state index in [0.29, 0.717) is 0 Å². The lowest BCUT2D eigenvalue weighted by Gasteiger charge is -2.04. The van der Waals surface area contributed by atoms with Gasteiger partial charge in [0.2, 0.25) is 0 Å². The number of aryl methyl sites for hydroxylation is 2. The third kappa shape index (κ3) is 3.17. The molecule has 1 aromatic carbocycles. The van der Waals surface area contributed by atoms with Gasteiger partial charge in [-0.25, -0.2) is 4.98 Å². The van der Waals surface area contributed by atoms with Crippen molar-refractivity contribution in [2.45, 2.75) is 19.3 Å². The van der Waals surface area contributed by atoms with Crippen molar-refractivity contribution in [1.82, 2.24) is 9.55 Å². The fraction of sp³-hybridized carbons (Fsp3) is 0.357. The Hall–Kier alpha value is -1.61. The third-order valence-electron chi connectivity index (χ3n) is 2.93. The molecule has 90 valence electrons. The van der Waals surface area contributed by atoms with Crippen molar-refractivity contribution in [3.8, 4) is 0 Å². The smallest absolute Gasteiger partial charge is 0.112 e.